The van der Waals surface area contributed by atoms with E-state index < -0.39 is 0 Å². The fourth-order valence-corrected chi connectivity index (χ4v) is 3.42. The zero-order chi connectivity index (χ0) is 14.4. The van der Waals surface area contributed by atoms with E-state index in [9.17, 15) is 0 Å². The topological polar surface area (TPSA) is 78.8 Å². The third-order valence-electron chi connectivity index (χ3n) is 4.32. The lowest BCUT2D eigenvalue weighted by Crippen LogP contribution is -2.07. The Kier molecular flexibility index (Phi) is 2.70. The van der Waals surface area contributed by atoms with E-state index in [0.717, 1.165) is 34.8 Å². The van der Waals surface area contributed by atoms with Crippen molar-refractivity contribution < 1.29 is 4.74 Å². The molecule has 3 heterocycles. The molecule has 0 spiro atoms. The van der Waals surface area contributed by atoms with Crippen molar-refractivity contribution >= 4 is 27.9 Å². The Morgan fingerprint density at radius 3 is 2.81 bits per heavy atom. The normalized spacial score (nSPS) is 16.0. The van der Waals surface area contributed by atoms with Crippen LogP contribution in [-0.2, 0) is 0 Å². The zero-order valence-electron chi connectivity index (χ0n) is 11.9. The van der Waals surface area contributed by atoms with Gasteiger partial charge in [0.2, 0.25) is 11.8 Å². The van der Waals surface area contributed by atoms with Gasteiger partial charge in [-0.05, 0) is 18.9 Å². The highest BCUT2D eigenvalue weighted by Gasteiger charge is 2.25. The number of ether oxygens (including phenoxy) is 1. The number of nitrogen functional groups attached to an aromatic ring is 1. The molecule has 2 N–H and O–H groups in total. The van der Waals surface area contributed by atoms with Gasteiger partial charge in [-0.3, -0.25) is 0 Å². The van der Waals surface area contributed by atoms with Crippen LogP contribution in [0.25, 0.3) is 21.9 Å². The maximum atomic E-state index is 5.80. The molecule has 0 bridgehead atoms. The number of hydrogen-bond donors (Lipinski definition) is 1. The van der Waals surface area contributed by atoms with Crippen molar-refractivity contribution in [3.05, 3.63) is 18.5 Å². The summed E-state index contributed by atoms with van der Waals surface area (Å²) in [4.78, 5) is 13.0. The molecule has 3 aromatic heterocycles. The summed E-state index contributed by atoms with van der Waals surface area (Å²) < 4.78 is 7.73. The molecule has 4 rings (SSSR count). The number of anilines is 1. The van der Waals surface area contributed by atoms with Crippen LogP contribution < -0.4 is 10.5 Å². The van der Waals surface area contributed by atoms with Crippen LogP contribution in [0.2, 0.25) is 0 Å². The number of pyridine rings is 1. The highest BCUT2D eigenvalue weighted by atomic mass is 16.5. The molecule has 0 aromatic carbocycles. The molecule has 1 aliphatic carbocycles. The van der Waals surface area contributed by atoms with E-state index in [1.54, 1.807) is 19.5 Å². The molecule has 21 heavy (non-hydrogen) atoms. The SMILES string of the molecule is COc1nccc2c3cnc(N)nc3n(C3CCCC3)c12. The van der Waals surface area contributed by atoms with Gasteiger partial charge in [0.05, 0.1) is 7.11 Å². The Hall–Kier alpha value is -2.37. The third-order valence-corrected chi connectivity index (χ3v) is 4.32. The van der Waals surface area contributed by atoms with Crippen LogP contribution >= 0.6 is 0 Å². The summed E-state index contributed by atoms with van der Waals surface area (Å²) in [5, 5.41) is 2.08. The highest BCUT2D eigenvalue weighted by molar-refractivity contribution is 6.08. The number of nitrogens with zero attached hydrogens (tertiary/aromatic N) is 4. The first-order valence-corrected chi connectivity index (χ1v) is 7.24. The van der Waals surface area contributed by atoms with Crippen LogP contribution in [0.1, 0.15) is 31.7 Å². The van der Waals surface area contributed by atoms with E-state index >= 15 is 0 Å². The summed E-state index contributed by atoms with van der Waals surface area (Å²) in [6.07, 6.45) is 8.35. The lowest BCUT2D eigenvalue weighted by atomic mass is 10.2. The first-order chi connectivity index (χ1) is 10.3. The van der Waals surface area contributed by atoms with E-state index in [1.165, 1.54) is 12.8 Å². The van der Waals surface area contributed by atoms with Gasteiger partial charge < -0.3 is 15.0 Å². The maximum Gasteiger partial charge on any atom is 0.238 e. The van der Waals surface area contributed by atoms with Crippen molar-refractivity contribution in [2.24, 2.45) is 0 Å². The number of nitrogens with two attached hydrogens (primary N) is 1. The van der Waals surface area contributed by atoms with Crippen LogP contribution in [0.3, 0.4) is 0 Å². The molecule has 1 aliphatic rings. The van der Waals surface area contributed by atoms with Gasteiger partial charge in [-0.1, -0.05) is 12.8 Å². The lowest BCUT2D eigenvalue weighted by molar-refractivity contribution is 0.398. The van der Waals surface area contributed by atoms with Gasteiger partial charge in [-0.15, -0.1) is 0 Å². The van der Waals surface area contributed by atoms with Gasteiger partial charge in [-0.25, -0.2) is 9.97 Å². The summed E-state index contributed by atoms with van der Waals surface area (Å²) in [7, 11) is 1.65. The molecule has 0 saturated heterocycles. The second-order valence-corrected chi connectivity index (χ2v) is 5.49. The average Bonchev–Trinajstić information content (AvgIpc) is 3.11. The number of fused-ring (bicyclic) bond motifs is 3. The minimum atomic E-state index is 0.302. The Balaban J connectivity index is 2.15. The first kappa shape index (κ1) is 12.4. The molecule has 3 aromatic rings. The molecule has 1 fully saturated rings. The standard InChI is InChI=1S/C15H17N5O/c1-21-14-12-10(6-7-17-14)11-8-18-15(16)19-13(11)20(12)9-4-2-3-5-9/h6-9H,2-5H2,1H3,(H2,16,18,19). The Bertz CT molecular complexity index is 820. The van der Waals surface area contributed by atoms with Crippen molar-refractivity contribution in [3.8, 4) is 5.88 Å². The van der Waals surface area contributed by atoms with Crippen molar-refractivity contribution in [2.75, 3.05) is 12.8 Å². The molecule has 0 radical (unpaired) electrons. The predicted molar refractivity (Wildman–Crippen MR) is 81.3 cm³/mol. The van der Waals surface area contributed by atoms with Crippen LogP contribution in [0.4, 0.5) is 5.95 Å². The fourth-order valence-electron chi connectivity index (χ4n) is 3.42. The van der Waals surface area contributed by atoms with E-state index in [4.69, 9.17) is 10.5 Å². The smallest absolute Gasteiger partial charge is 0.238 e. The average molecular weight is 283 g/mol. The Labute approximate surface area is 122 Å². The second kappa shape index (κ2) is 4.58. The number of aromatic nitrogens is 4. The number of methoxy groups -OCH3 is 1. The van der Waals surface area contributed by atoms with Crippen molar-refractivity contribution in [3.63, 3.8) is 0 Å². The Morgan fingerprint density at radius 2 is 2.05 bits per heavy atom. The van der Waals surface area contributed by atoms with Crippen LogP contribution in [0, 0.1) is 0 Å². The summed E-state index contributed by atoms with van der Waals surface area (Å²) in [6, 6.07) is 2.42. The van der Waals surface area contributed by atoms with E-state index in [2.05, 4.69) is 19.5 Å². The van der Waals surface area contributed by atoms with Gasteiger partial charge in [0.15, 0.2) is 0 Å². The predicted octanol–water partition coefficient (Wildman–Crippen LogP) is 2.69. The Morgan fingerprint density at radius 1 is 1.24 bits per heavy atom. The molecule has 0 unspecified atom stereocenters. The third kappa shape index (κ3) is 1.75. The molecule has 6 heteroatoms. The van der Waals surface area contributed by atoms with Gasteiger partial charge in [-0.2, -0.15) is 4.98 Å². The molecule has 1 saturated carbocycles. The first-order valence-electron chi connectivity index (χ1n) is 7.24. The van der Waals surface area contributed by atoms with Gasteiger partial charge in [0.25, 0.3) is 0 Å². The molecule has 0 amide bonds. The molecular weight excluding hydrogens is 266 g/mol. The van der Waals surface area contributed by atoms with Crippen LogP contribution in [0.5, 0.6) is 5.88 Å². The second-order valence-electron chi connectivity index (χ2n) is 5.49. The summed E-state index contributed by atoms with van der Waals surface area (Å²) in [6.45, 7) is 0. The fraction of sp³-hybridized carbons (Fsp3) is 0.400. The quantitative estimate of drug-likeness (QED) is 0.782. The van der Waals surface area contributed by atoms with Crippen molar-refractivity contribution in [1.29, 1.82) is 0 Å². The summed E-state index contributed by atoms with van der Waals surface area (Å²) in [5.74, 6) is 0.937. The number of rotatable bonds is 2. The lowest BCUT2D eigenvalue weighted by Gasteiger charge is -2.15. The van der Waals surface area contributed by atoms with Crippen LogP contribution in [0.15, 0.2) is 18.5 Å². The highest BCUT2D eigenvalue weighted by Crippen LogP contribution is 2.40. The van der Waals surface area contributed by atoms with Crippen LogP contribution in [-0.4, -0.2) is 26.6 Å². The molecule has 0 atom stereocenters. The maximum absolute atomic E-state index is 5.80. The molecular formula is C15H17N5O. The van der Waals surface area contributed by atoms with Crippen molar-refractivity contribution in [2.45, 2.75) is 31.7 Å². The molecule has 6 nitrogen and oxygen atoms in total. The molecule has 0 aliphatic heterocycles. The minimum absolute atomic E-state index is 0.302. The minimum Gasteiger partial charge on any atom is -0.479 e. The summed E-state index contributed by atoms with van der Waals surface area (Å²) >= 11 is 0. The van der Waals surface area contributed by atoms with E-state index in [-0.39, 0.29) is 0 Å². The number of hydrogen-bond acceptors (Lipinski definition) is 5. The van der Waals surface area contributed by atoms with E-state index in [0.29, 0.717) is 17.9 Å². The van der Waals surface area contributed by atoms with Gasteiger partial charge >= 0.3 is 0 Å². The largest absolute Gasteiger partial charge is 0.479 e. The van der Waals surface area contributed by atoms with Gasteiger partial charge in [0, 0.05) is 29.2 Å². The monoisotopic (exact) mass is 283 g/mol. The van der Waals surface area contributed by atoms with Crippen molar-refractivity contribution in [1.82, 2.24) is 19.5 Å². The van der Waals surface area contributed by atoms with Gasteiger partial charge in [0.1, 0.15) is 11.2 Å². The zero-order valence-corrected chi connectivity index (χ0v) is 11.9. The summed E-state index contributed by atoms with van der Waals surface area (Å²) in [5.41, 5.74) is 7.69. The molecule has 108 valence electrons. The van der Waals surface area contributed by atoms with E-state index in [1.807, 2.05) is 6.07 Å².